The number of ether oxygens (including phenoxy) is 1. The van der Waals surface area contributed by atoms with E-state index in [1.165, 1.54) is 0 Å². The number of nitrogens with one attached hydrogen (secondary N) is 1. The molecule has 0 saturated carbocycles. The summed E-state index contributed by atoms with van der Waals surface area (Å²) < 4.78 is 83.9. The Balaban J connectivity index is 1.39. The van der Waals surface area contributed by atoms with E-state index in [-0.39, 0.29) is 48.4 Å². The largest absolute Gasteiger partial charge is 0.416 e. The molecule has 3 aliphatic rings. The van der Waals surface area contributed by atoms with Crippen molar-refractivity contribution in [3.05, 3.63) is 46.7 Å². The molecular weight excluding hydrogens is 454 g/mol. The zero-order valence-electron chi connectivity index (χ0n) is 17.4. The Bertz CT molecular complexity index is 940. The van der Waals surface area contributed by atoms with Crippen molar-refractivity contribution in [2.75, 3.05) is 6.54 Å². The van der Waals surface area contributed by atoms with Gasteiger partial charge in [-0.15, -0.1) is 0 Å². The first-order valence-corrected chi connectivity index (χ1v) is 10.6. The van der Waals surface area contributed by atoms with Crippen LogP contribution in [0.25, 0.3) is 0 Å². The van der Waals surface area contributed by atoms with Crippen molar-refractivity contribution in [2.24, 2.45) is 0 Å². The molecule has 5 nitrogen and oxygen atoms in total. The third-order valence-corrected chi connectivity index (χ3v) is 6.17. The zero-order valence-corrected chi connectivity index (χ0v) is 17.4. The van der Waals surface area contributed by atoms with E-state index in [0.717, 1.165) is 5.70 Å². The molecular formula is C22H22F6N2O3. The molecule has 0 aromatic heterocycles. The molecule has 33 heavy (non-hydrogen) atoms. The fourth-order valence-corrected chi connectivity index (χ4v) is 4.66. The molecule has 0 radical (unpaired) electrons. The van der Waals surface area contributed by atoms with Gasteiger partial charge in [0.25, 0.3) is 0 Å². The second-order valence-corrected chi connectivity index (χ2v) is 8.70. The number of halogens is 6. The van der Waals surface area contributed by atoms with Crippen LogP contribution in [0, 0.1) is 0 Å². The average molecular weight is 476 g/mol. The van der Waals surface area contributed by atoms with E-state index >= 15 is 0 Å². The van der Waals surface area contributed by atoms with Crippen LogP contribution >= 0.6 is 0 Å². The number of rotatable bonds is 5. The van der Waals surface area contributed by atoms with E-state index in [2.05, 4.69) is 5.32 Å². The number of fused-ring (bicyclic) bond motifs is 1. The predicted octanol–water partition coefficient (Wildman–Crippen LogP) is 4.21. The third-order valence-electron chi connectivity index (χ3n) is 6.17. The van der Waals surface area contributed by atoms with Gasteiger partial charge in [0.2, 0.25) is 5.91 Å². The van der Waals surface area contributed by atoms with E-state index in [0.29, 0.717) is 37.8 Å². The molecule has 2 heterocycles. The summed E-state index contributed by atoms with van der Waals surface area (Å²) >= 11 is 0. The van der Waals surface area contributed by atoms with Gasteiger partial charge >= 0.3 is 12.4 Å². The molecule has 1 amide bonds. The van der Waals surface area contributed by atoms with Crippen molar-refractivity contribution in [3.63, 3.8) is 0 Å². The van der Waals surface area contributed by atoms with Crippen LogP contribution in [0.1, 0.15) is 48.8 Å². The molecule has 4 rings (SSSR count). The first-order chi connectivity index (χ1) is 15.4. The maximum absolute atomic E-state index is 13.0. The van der Waals surface area contributed by atoms with Crippen molar-refractivity contribution in [2.45, 2.75) is 69.3 Å². The molecule has 0 spiro atoms. The Labute approximate surface area is 185 Å². The number of alkyl halides is 6. The number of carbonyl (C=O) groups is 2. The van der Waals surface area contributed by atoms with Gasteiger partial charge in [-0.3, -0.25) is 9.59 Å². The van der Waals surface area contributed by atoms with Crippen molar-refractivity contribution in [1.82, 2.24) is 10.2 Å². The molecule has 0 bridgehead atoms. The summed E-state index contributed by atoms with van der Waals surface area (Å²) in [4.78, 5) is 25.6. The number of piperidine rings is 1. The number of carbonyl (C=O) groups excluding carboxylic acids is 2. The van der Waals surface area contributed by atoms with Gasteiger partial charge in [0.15, 0.2) is 5.78 Å². The number of allylic oxidation sites excluding steroid dienone is 2. The average Bonchev–Trinajstić information content (AvgIpc) is 3.31. The lowest BCUT2D eigenvalue weighted by Crippen LogP contribution is -2.48. The van der Waals surface area contributed by atoms with E-state index in [1.54, 1.807) is 11.0 Å². The van der Waals surface area contributed by atoms with Crippen LogP contribution in [0.2, 0.25) is 0 Å². The van der Waals surface area contributed by atoms with Crippen LogP contribution < -0.4 is 5.32 Å². The van der Waals surface area contributed by atoms with Gasteiger partial charge < -0.3 is 15.0 Å². The Morgan fingerprint density at radius 2 is 1.64 bits per heavy atom. The van der Waals surface area contributed by atoms with E-state index in [1.807, 2.05) is 0 Å². The summed E-state index contributed by atoms with van der Waals surface area (Å²) in [6.07, 6.45) is -6.42. The third kappa shape index (κ3) is 5.51. The lowest BCUT2D eigenvalue weighted by atomic mass is 9.96. The Kier molecular flexibility index (Phi) is 6.19. The lowest BCUT2D eigenvalue weighted by molar-refractivity contribution is -0.143. The summed E-state index contributed by atoms with van der Waals surface area (Å²) in [5, 5.41) is 3.24. The minimum absolute atomic E-state index is 0.0406. The SMILES string of the molecule is O=C1C=C(NC2CC(=O)N3CC(OCc4cc(C(F)(F)F)cc(C(F)(F)F)c4)CC3C2)CC1. The van der Waals surface area contributed by atoms with Gasteiger partial charge in [0.1, 0.15) is 0 Å². The molecule has 2 aliphatic heterocycles. The Hall–Kier alpha value is -2.56. The van der Waals surface area contributed by atoms with Gasteiger partial charge in [0, 0.05) is 43.2 Å². The first kappa shape index (κ1) is 23.6. The zero-order chi connectivity index (χ0) is 24.0. The van der Waals surface area contributed by atoms with E-state index in [4.69, 9.17) is 4.74 Å². The summed E-state index contributed by atoms with van der Waals surface area (Å²) in [6.45, 7) is -0.189. The smallest absolute Gasteiger partial charge is 0.385 e. The van der Waals surface area contributed by atoms with Crippen LogP contribution in [0.3, 0.4) is 0 Å². The minimum atomic E-state index is -4.92. The van der Waals surface area contributed by atoms with Crippen molar-refractivity contribution in [1.29, 1.82) is 0 Å². The monoisotopic (exact) mass is 476 g/mol. The number of ketones is 1. The van der Waals surface area contributed by atoms with Crippen LogP contribution in [0.4, 0.5) is 26.3 Å². The van der Waals surface area contributed by atoms with Crippen LogP contribution in [0.15, 0.2) is 30.0 Å². The topological polar surface area (TPSA) is 58.6 Å². The van der Waals surface area contributed by atoms with Gasteiger partial charge in [0.05, 0.1) is 23.8 Å². The summed E-state index contributed by atoms with van der Waals surface area (Å²) in [6, 6.07) is 1.11. The summed E-state index contributed by atoms with van der Waals surface area (Å²) in [5.74, 6) is -0.0583. The molecule has 180 valence electrons. The molecule has 3 unspecified atom stereocenters. The molecule has 1 aromatic rings. The highest BCUT2D eigenvalue weighted by atomic mass is 19.4. The standard InChI is InChI=1S/C22H22F6N2O3/c23-21(24,25)13-3-12(4-14(5-13)22(26,27)28)11-33-19-9-17-6-16(8-20(32)30(17)10-19)29-15-1-2-18(31)7-15/h3-5,7,16-17,19,29H,1-2,6,8-11H2. The van der Waals surface area contributed by atoms with Gasteiger partial charge in [-0.1, -0.05) is 0 Å². The van der Waals surface area contributed by atoms with Crippen molar-refractivity contribution in [3.8, 4) is 0 Å². The van der Waals surface area contributed by atoms with E-state index < -0.39 is 36.2 Å². The van der Waals surface area contributed by atoms with Gasteiger partial charge in [-0.25, -0.2) is 0 Å². The minimum Gasteiger partial charge on any atom is -0.385 e. The molecule has 2 fully saturated rings. The van der Waals surface area contributed by atoms with Gasteiger partial charge in [-0.05, 0) is 43.0 Å². The van der Waals surface area contributed by atoms with Crippen LogP contribution in [-0.2, 0) is 33.3 Å². The molecule has 1 aromatic carbocycles. The second-order valence-electron chi connectivity index (χ2n) is 8.70. The van der Waals surface area contributed by atoms with Gasteiger partial charge in [-0.2, -0.15) is 26.3 Å². The molecule has 1 N–H and O–H groups in total. The highest BCUT2D eigenvalue weighted by Crippen LogP contribution is 2.37. The molecule has 11 heteroatoms. The van der Waals surface area contributed by atoms with Crippen molar-refractivity contribution >= 4 is 11.7 Å². The Morgan fingerprint density at radius 1 is 0.970 bits per heavy atom. The summed E-state index contributed by atoms with van der Waals surface area (Å²) in [5.41, 5.74) is -2.19. The highest BCUT2D eigenvalue weighted by molar-refractivity contribution is 5.92. The summed E-state index contributed by atoms with van der Waals surface area (Å²) in [7, 11) is 0. The number of nitrogens with zero attached hydrogens (tertiary/aromatic N) is 1. The molecule has 3 atom stereocenters. The first-order valence-electron chi connectivity index (χ1n) is 10.6. The van der Waals surface area contributed by atoms with Crippen LogP contribution in [0.5, 0.6) is 0 Å². The number of benzene rings is 1. The number of hydrogen-bond acceptors (Lipinski definition) is 4. The van der Waals surface area contributed by atoms with E-state index in [9.17, 15) is 35.9 Å². The highest BCUT2D eigenvalue weighted by Gasteiger charge is 2.42. The second kappa shape index (κ2) is 8.66. The maximum atomic E-state index is 13.0. The number of hydrogen-bond donors (Lipinski definition) is 1. The van der Waals surface area contributed by atoms with Crippen LogP contribution in [-0.4, -0.2) is 41.3 Å². The predicted molar refractivity (Wildman–Crippen MR) is 104 cm³/mol. The Morgan fingerprint density at radius 3 is 2.21 bits per heavy atom. The van der Waals surface area contributed by atoms with Crippen molar-refractivity contribution < 1.29 is 40.7 Å². The fraction of sp³-hybridized carbons (Fsp3) is 0.545. The molecule has 1 aliphatic carbocycles. The number of amides is 1. The maximum Gasteiger partial charge on any atom is 0.416 e. The quantitative estimate of drug-likeness (QED) is 0.647. The molecule has 2 saturated heterocycles. The lowest BCUT2D eigenvalue weighted by Gasteiger charge is -2.35. The fourth-order valence-electron chi connectivity index (χ4n) is 4.66. The normalized spacial score (nSPS) is 25.9.